The Morgan fingerprint density at radius 2 is 2.29 bits per heavy atom. The predicted molar refractivity (Wildman–Crippen MR) is 33.5 cm³/mol. The molecule has 0 aliphatic carbocycles. The van der Waals surface area contributed by atoms with E-state index in [1.165, 1.54) is 0 Å². The Morgan fingerprint density at radius 1 is 1.71 bits per heavy atom. The van der Waals surface area contributed by atoms with Crippen LogP contribution in [0.3, 0.4) is 0 Å². The number of hydrogen-bond donors (Lipinski definition) is 0. The third kappa shape index (κ3) is 2.97. The minimum absolute atomic E-state index is 0.711. The minimum Gasteiger partial charge on any atom is -0.262 e. The molecule has 0 aromatic rings. The quantitative estimate of drug-likeness (QED) is 0.366. The molecular weight excluding hydrogens is 86.1 g/mol. The maximum atomic E-state index is 3.81. The van der Waals surface area contributed by atoms with Gasteiger partial charge in [0.25, 0.3) is 0 Å². The predicted octanol–water partition coefficient (Wildman–Crippen LogP) is 1.78. The summed E-state index contributed by atoms with van der Waals surface area (Å²) >= 11 is 0. The highest BCUT2D eigenvalue weighted by molar-refractivity contribution is 5.55. The Bertz CT molecular complexity index is 101. The Kier molecular flexibility index (Phi) is 2.94. The molecule has 0 aromatic heterocycles. The van der Waals surface area contributed by atoms with E-state index in [9.17, 15) is 0 Å². The van der Waals surface area contributed by atoms with E-state index in [0.717, 1.165) is 0 Å². The van der Waals surface area contributed by atoms with Gasteiger partial charge in [-0.05, 0) is 13.0 Å². The molecule has 0 aliphatic heterocycles. The van der Waals surface area contributed by atoms with E-state index in [0.29, 0.717) is 5.70 Å². The van der Waals surface area contributed by atoms with Gasteiger partial charge in [-0.25, -0.2) is 0 Å². The summed E-state index contributed by atoms with van der Waals surface area (Å²) in [5.74, 6) is 0. The van der Waals surface area contributed by atoms with Gasteiger partial charge >= 0.3 is 0 Å². The molecule has 0 amide bonds. The Morgan fingerprint density at radius 3 is 2.43 bits per heavy atom. The first-order valence-electron chi connectivity index (χ1n) is 2.11. The van der Waals surface area contributed by atoms with Crippen molar-refractivity contribution < 1.29 is 0 Å². The summed E-state index contributed by atoms with van der Waals surface area (Å²) in [6.07, 6.45) is 3.30. The van der Waals surface area contributed by atoms with Gasteiger partial charge in [-0.3, -0.25) is 4.99 Å². The average molecular weight is 95.1 g/mol. The van der Waals surface area contributed by atoms with Gasteiger partial charge in [0.1, 0.15) is 0 Å². The second-order valence-corrected chi connectivity index (χ2v) is 1.08. The molecule has 0 bridgehead atoms. The van der Waals surface area contributed by atoms with E-state index in [1.54, 1.807) is 12.3 Å². The van der Waals surface area contributed by atoms with Gasteiger partial charge in [0.05, 0.1) is 5.70 Å². The van der Waals surface area contributed by atoms with Gasteiger partial charge in [0.2, 0.25) is 0 Å². The van der Waals surface area contributed by atoms with E-state index < -0.39 is 0 Å². The molecule has 0 unspecified atom stereocenters. The summed E-state index contributed by atoms with van der Waals surface area (Å²) < 4.78 is 0. The zero-order valence-electron chi connectivity index (χ0n) is 4.52. The van der Waals surface area contributed by atoms with Crippen molar-refractivity contribution in [3.63, 3.8) is 0 Å². The lowest BCUT2D eigenvalue weighted by Gasteiger charge is -1.80. The van der Waals surface area contributed by atoms with Gasteiger partial charge in [0, 0.05) is 6.21 Å². The second-order valence-electron chi connectivity index (χ2n) is 1.08. The van der Waals surface area contributed by atoms with Gasteiger partial charge < -0.3 is 0 Å². The molecule has 0 saturated heterocycles. The van der Waals surface area contributed by atoms with Crippen molar-refractivity contribution in [1.29, 1.82) is 0 Å². The normalized spacial score (nSPS) is 9.29. The molecule has 0 spiro atoms. The summed E-state index contributed by atoms with van der Waals surface area (Å²) in [6, 6.07) is 0. The third-order valence-corrected chi connectivity index (χ3v) is 0.531. The lowest BCUT2D eigenvalue weighted by atomic mass is 10.5. The van der Waals surface area contributed by atoms with Crippen LogP contribution in [0, 0.1) is 0 Å². The first kappa shape index (κ1) is 6.15. The fraction of sp³-hybridized carbons (Fsp3) is 0.167. The molecule has 0 saturated carbocycles. The van der Waals surface area contributed by atoms with Crippen LogP contribution in [-0.4, -0.2) is 6.21 Å². The minimum atomic E-state index is 0.711. The summed E-state index contributed by atoms with van der Waals surface area (Å²) in [5, 5.41) is 0. The molecule has 0 aromatic carbocycles. The van der Waals surface area contributed by atoms with Gasteiger partial charge in [-0.15, -0.1) is 0 Å². The number of aliphatic imine (C=N–C) groups is 1. The number of rotatable bonds is 2. The Hall–Kier alpha value is -0.850. The van der Waals surface area contributed by atoms with Gasteiger partial charge in [0.15, 0.2) is 0 Å². The third-order valence-electron chi connectivity index (χ3n) is 0.531. The summed E-state index contributed by atoms with van der Waals surface area (Å²) in [5.41, 5.74) is 0.711. The zero-order valence-corrected chi connectivity index (χ0v) is 4.52. The molecule has 7 heavy (non-hydrogen) atoms. The lowest BCUT2D eigenvalue weighted by Crippen LogP contribution is -1.63. The summed E-state index contributed by atoms with van der Waals surface area (Å²) in [6.45, 7) is 8.85. The monoisotopic (exact) mass is 95.1 g/mol. The Labute approximate surface area is 44.1 Å². The van der Waals surface area contributed by atoms with Crippen LogP contribution < -0.4 is 0 Å². The van der Waals surface area contributed by atoms with E-state index in [2.05, 4.69) is 18.2 Å². The van der Waals surface area contributed by atoms with Crippen molar-refractivity contribution in [2.45, 2.75) is 6.92 Å². The molecule has 38 valence electrons. The smallest absolute Gasteiger partial charge is 0.0547 e. The van der Waals surface area contributed by atoms with Crippen molar-refractivity contribution in [2.24, 2.45) is 4.99 Å². The highest BCUT2D eigenvalue weighted by Gasteiger charge is 1.69. The van der Waals surface area contributed by atoms with Crippen molar-refractivity contribution in [1.82, 2.24) is 0 Å². The standard InChI is InChI=1S/C6H9N/c1-4-6(3)7-5-2/h4-5H,1,3H2,2H3/b7-5-. The van der Waals surface area contributed by atoms with Crippen LogP contribution >= 0.6 is 0 Å². The lowest BCUT2D eigenvalue weighted by molar-refractivity contribution is 1.45. The van der Waals surface area contributed by atoms with Crippen molar-refractivity contribution in [2.75, 3.05) is 0 Å². The number of hydrogen-bond acceptors (Lipinski definition) is 1. The van der Waals surface area contributed by atoms with Crippen molar-refractivity contribution >= 4 is 6.21 Å². The first-order chi connectivity index (χ1) is 3.31. The van der Waals surface area contributed by atoms with Crippen LogP contribution in [0.1, 0.15) is 6.92 Å². The molecule has 1 nitrogen and oxygen atoms in total. The largest absolute Gasteiger partial charge is 0.262 e. The molecule has 0 heterocycles. The fourth-order valence-electron chi connectivity index (χ4n) is 0.219. The fourth-order valence-corrected chi connectivity index (χ4v) is 0.219. The first-order valence-corrected chi connectivity index (χ1v) is 2.11. The van der Waals surface area contributed by atoms with E-state index in [1.807, 2.05) is 6.92 Å². The van der Waals surface area contributed by atoms with E-state index >= 15 is 0 Å². The highest BCUT2D eigenvalue weighted by atomic mass is 14.7. The van der Waals surface area contributed by atoms with E-state index in [-0.39, 0.29) is 0 Å². The summed E-state index contributed by atoms with van der Waals surface area (Å²) in [7, 11) is 0. The maximum Gasteiger partial charge on any atom is 0.0547 e. The molecule has 0 N–H and O–H groups in total. The van der Waals surface area contributed by atoms with Crippen LogP contribution in [0.4, 0.5) is 0 Å². The highest BCUT2D eigenvalue weighted by Crippen LogP contribution is 1.88. The average Bonchev–Trinajstić information content (AvgIpc) is 1.68. The van der Waals surface area contributed by atoms with Crippen LogP contribution in [0.5, 0.6) is 0 Å². The SMILES string of the molecule is C=CC(=C)/N=C\C. The Balaban J connectivity index is 3.58. The molecule has 1 heteroatoms. The van der Waals surface area contributed by atoms with Crippen LogP contribution in [0.2, 0.25) is 0 Å². The van der Waals surface area contributed by atoms with Gasteiger partial charge in [-0.1, -0.05) is 13.2 Å². The second kappa shape index (κ2) is 3.34. The van der Waals surface area contributed by atoms with Crippen molar-refractivity contribution in [3.8, 4) is 0 Å². The van der Waals surface area contributed by atoms with Crippen molar-refractivity contribution in [3.05, 3.63) is 24.9 Å². The molecule has 0 aliphatic rings. The summed E-state index contributed by atoms with van der Waals surface area (Å²) in [4.78, 5) is 3.81. The van der Waals surface area contributed by atoms with Crippen LogP contribution in [0.25, 0.3) is 0 Å². The molecule has 0 atom stereocenters. The topological polar surface area (TPSA) is 12.4 Å². The maximum absolute atomic E-state index is 3.81. The number of allylic oxidation sites excluding steroid dienone is 1. The molecule has 0 rings (SSSR count). The van der Waals surface area contributed by atoms with E-state index in [4.69, 9.17) is 0 Å². The molecule has 0 radical (unpaired) electrons. The molecular formula is C6H9N. The molecule has 0 fully saturated rings. The van der Waals surface area contributed by atoms with Crippen LogP contribution in [-0.2, 0) is 0 Å². The van der Waals surface area contributed by atoms with Crippen LogP contribution in [0.15, 0.2) is 29.9 Å². The zero-order chi connectivity index (χ0) is 5.70. The van der Waals surface area contributed by atoms with Gasteiger partial charge in [-0.2, -0.15) is 0 Å². The number of nitrogens with zero attached hydrogens (tertiary/aromatic N) is 1.